The zero-order valence-corrected chi connectivity index (χ0v) is 16.9. The normalized spacial score (nSPS) is 11.7. The number of nitrogens with two attached hydrogens (primary N) is 1. The van der Waals surface area contributed by atoms with Crippen molar-refractivity contribution in [3.63, 3.8) is 0 Å². The highest BCUT2D eigenvalue weighted by molar-refractivity contribution is 5.71. The predicted molar refractivity (Wildman–Crippen MR) is 113 cm³/mol. The molecular weight excluding hydrogens is 385 g/mol. The summed E-state index contributed by atoms with van der Waals surface area (Å²) in [5.74, 6) is -0.233. The van der Waals surface area contributed by atoms with E-state index in [1.807, 2.05) is 6.07 Å². The molecule has 0 aliphatic carbocycles. The van der Waals surface area contributed by atoms with Gasteiger partial charge in [0.15, 0.2) is 0 Å². The van der Waals surface area contributed by atoms with E-state index in [4.69, 9.17) is 20.3 Å². The molecule has 0 aliphatic rings. The molecule has 0 amide bonds. The Morgan fingerprint density at radius 1 is 1.13 bits per heavy atom. The van der Waals surface area contributed by atoms with Crippen molar-refractivity contribution in [2.24, 2.45) is 5.73 Å². The largest absolute Gasteiger partial charge is 0.497 e. The second-order valence-corrected chi connectivity index (χ2v) is 7.03. The van der Waals surface area contributed by atoms with Crippen LogP contribution in [0.5, 0.6) is 11.5 Å². The van der Waals surface area contributed by atoms with E-state index in [1.54, 1.807) is 68.6 Å². The lowest BCUT2D eigenvalue weighted by atomic mass is 9.97. The van der Waals surface area contributed by atoms with E-state index in [0.29, 0.717) is 33.8 Å². The van der Waals surface area contributed by atoms with Crippen LogP contribution in [0.3, 0.4) is 0 Å². The fourth-order valence-corrected chi connectivity index (χ4v) is 3.26. The number of hydrogen-bond acceptors (Lipinski definition) is 4. The van der Waals surface area contributed by atoms with E-state index in [2.05, 4.69) is 0 Å². The SMILES string of the molecule is COc1cc(COc2ccccc2CC(=O)O)cc(-c2cccc(C(C)N)c2F)c1. The smallest absolute Gasteiger partial charge is 0.307 e. The first-order valence-corrected chi connectivity index (χ1v) is 9.54. The molecule has 30 heavy (non-hydrogen) atoms. The monoisotopic (exact) mass is 409 g/mol. The fourth-order valence-electron chi connectivity index (χ4n) is 3.26. The summed E-state index contributed by atoms with van der Waals surface area (Å²) in [6.07, 6.45) is -0.130. The Labute approximate surface area is 174 Å². The Balaban J connectivity index is 1.92. The average molecular weight is 409 g/mol. The number of carbonyl (C=O) groups is 1. The molecule has 3 aromatic rings. The second-order valence-electron chi connectivity index (χ2n) is 7.03. The summed E-state index contributed by atoms with van der Waals surface area (Å²) in [6, 6.07) is 17.1. The number of carboxylic acids is 1. The third kappa shape index (κ3) is 4.96. The summed E-state index contributed by atoms with van der Waals surface area (Å²) in [6.45, 7) is 1.91. The van der Waals surface area contributed by atoms with Gasteiger partial charge >= 0.3 is 5.97 Å². The average Bonchev–Trinajstić information content (AvgIpc) is 2.72. The zero-order valence-electron chi connectivity index (χ0n) is 16.9. The van der Waals surface area contributed by atoms with Gasteiger partial charge in [-0.2, -0.15) is 0 Å². The fraction of sp³-hybridized carbons (Fsp3) is 0.208. The maximum atomic E-state index is 15.0. The van der Waals surface area contributed by atoms with E-state index in [-0.39, 0.29) is 18.8 Å². The van der Waals surface area contributed by atoms with Crippen LogP contribution in [0.1, 0.15) is 29.7 Å². The van der Waals surface area contributed by atoms with Gasteiger partial charge in [-0.15, -0.1) is 0 Å². The molecule has 3 aromatic carbocycles. The van der Waals surface area contributed by atoms with E-state index < -0.39 is 12.0 Å². The van der Waals surface area contributed by atoms with Gasteiger partial charge in [0, 0.05) is 22.7 Å². The molecule has 0 saturated heterocycles. The van der Waals surface area contributed by atoms with Crippen molar-refractivity contribution in [1.82, 2.24) is 0 Å². The second kappa shape index (κ2) is 9.41. The number of rotatable bonds is 8. The van der Waals surface area contributed by atoms with Gasteiger partial charge in [0.25, 0.3) is 0 Å². The minimum atomic E-state index is -0.931. The Hall–Kier alpha value is -3.38. The molecule has 156 valence electrons. The number of carboxylic acid groups (broad SMARTS) is 1. The van der Waals surface area contributed by atoms with E-state index in [9.17, 15) is 9.18 Å². The Morgan fingerprint density at radius 2 is 1.90 bits per heavy atom. The first kappa shape index (κ1) is 21.3. The molecular formula is C24H24FNO4. The summed E-state index contributed by atoms with van der Waals surface area (Å²) in [7, 11) is 1.54. The molecule has 0 aromatic heterocycles. The minimum absolute atomic E-state index is 0.130. The molecule has 1 unspecified atom stereocenters. The molecule has 5 nitrogen and oxygen atoms in total. The Bertz CT molecular complexity index is 1050. The van der Waals surface area contributed by atoms with Crippen LogP contribution in [0.2, 0.25) is 0 Å². The van der Waals surface area contributed by atoms with Crippen LogP contribution in [0.25, 0.3) is 11.1 Å². The van der Waals surface area contributed by atoms with Gasteiger partial charge < -0.3 is 20.3 Å². The predicted octanol–water partition coefficient (Wildman–Crippen LogP) is 4.73. The maximum Gasteiger partial charge on any atom is 0.307 e. The Kier molecular flexibility index (Phi) is 6.69. The van der Waals surface area contributed by atoms with Crippen LogP contribution in [0.15, 0.2) is 60.7 Å². The van der Waals surface area contributed by atoms with Crippen molar-refractivity contribution in [3.05, 3.63) is 83.2 Å². The number of para-hydroxylation sites is 1. The lowest BCUT2D eigenvalue weighted by molar-refractivity contribution is -0.136. The van der Waals surface area contributed by atoms with Crippen molar-refractivity contribution < 1.29 is 23.8 Å². The molecule has 0 spiro atoms. The Morgan fingerprint density at radius 3 is 2.60 bits per heavy atom. The zero-order chi connectivity index (χ0) is 21.7. The van der Waals surface area contributed by atoms with Crippen LogP contribution < -0.4 is 15.2 Å². The molecule has 3 N–H and O–H groups in total. The van der Waals surface area contributed by atoms with Gasteiger partial charge in [-0.3, -0.25) is 4.79 Å². The molecule has 0 aliphatic heterocycles. The van der Waals surface area contributed by atoms with Crippen molar-refractivity contribution in [3.8, 4) is 22.6 Å². The van der Waals surface area contributed by atoms with Crippen LogP contribution in [0.4, 0.5) is 4.39 Å². The van der Waals surface area contributed by atoms with Crippen LogP contribution >= 0.6 is 0 Å². The minimum Gasteiger partial charge on any atom is -0.497 e. The number of halogens is 1. The van der Waals surface area contributed by atoms with E-state index >= 15 is 0 Å². The first-order chi connectivity index (χ1) is 14.4. The highest BCUT2D eigenvalue weighted by Crippen LogP contribution is 2.31. The summed E-state index contributed by atoms with van der Waals surface area (Å²) in [5.41, 5.74) is 8.75. The molecule has 6 heteroatoms. The van der Waals surface area contributed by atoms with Crippen LogP contribution in [-0.4, -0.2) is 18.2 Å². The standard InChI is InChI=1S/C24H24FNO4/c1-15(26)20-7-5-8-21(24(20)25)18-10-16(11-19(12-18)29-2)14-30-22-9-4-3-6-17(22)13-23(27)28/h3-12,15H,13-14,26H2,1-2H3,(H,27,28). The number of aliphatic carboxylic acids is 1. The quantitative estimate of drug-likeness (QED) is 0.562. The summed E-state index contributed by atoms with van der Waals surface area (Å²) >= 11 is 0. The van der Waals surface area contributed by atoms with Crippen molar-refractivity contribution in [1.29, 1.82) is 0 Å². The van der Waals surface area contributed by atoms with Crippen molar-refractivity contribution >= 4 is 5.97 Å². The van der Waals surface area contributed by atoms with E-state index in [0.717, 1.165) is 5.56 Å². The molecule has 0 bridgehead atoms. The van der Waals surface area contributed by atoms with Crippen LogP contribution in [-0.2, 0) is 17.8 Å². The van der Waals surface area contributed by atoms with Gasteiger partial charge in [0.2, 0.25) is 0 Å². The number of methoxy groups -OCH3 is 1. The molecule has 1 atom stereocenters. The third-order valence-electron chi connectivity index (χ3n) is 4.74. The maximum absolute atomic E-state index is 15.0. The molecule has 0 fully saturated rings. The summed E-state index contributed by atoms with van der Waals surface area (Å²) < 4.78 is 26.3. The first-order valence-electron chi connectivity index (χ1n) is 9.54. The highest BCUT2D eigenvalue weighted by atomic mass is 19.1. The number of ether oxygens (including phenoxy) is 2. The van der Waals surface area contributed by atoms with Gasteiger partial charge in [-0.1, -0.05) is 36.4 Å². The van der Waals surface area contributed by atoms with Gasteiger partial charge in [0.1, 0.15) is 23.9 Å². The highest BCUT2D eigenvalue weighted by Gasteiger charge is 2.15. The summed E-state index contributed by atoms with van der Waals surface area (Å²) in [4.78, 5) is 11.1. The lowest BCUT2D eigenvalue weighted by Gasteiger charge is -2.15. The van der Waals surface area contributed by atoms with Crippen molar-refractivity contribution in [2.45, 2.75) is 26.0 Å². The third-order valence-corrected chi connectivity index (χ3v) is 4.74. The lowest BCUT2D eigenvalue weighted by Crippen LogP contribution is -2.08. The van der Waals surface area contributed by atoms with Gasteiger partial charge in [0.05, 0.1) is 13.5 Å². The van der Waals surface area contributed by atoms with Gasteiger partial charge in [-0.05, 0) is 42.3 Å². The number of benzene rings is 3. The molecule has 3 rings (SSSR count). The molecule has 0 saturated carbocycles. The topological polar surface area (TPSA) is 81.8 Å². The molecule has 0 heterocycles. The molecule has 0 radical (unpaired) electrons. The van der Waals surface area contributed by atoms with E-state index in [1.165, 1.54) is 0 Å². The van der Waals surface area contributed by atoms with Crippen LogP contribution in [0, 0.1) is 5.82 Å². The summed E-state index contributed by atoms with van der Waals surface area (Å²) in [5, 5.41) is 9.08. The number of hydrogen-bond donors (Lipinski definition) is 2. The van der Waals surface area contributed by atoms with Gasteiger partial charge in [-0.25, -0.2) is 4.39 Å². The van der Waals surface area contributed by atoms with Crippen molar-refractivity contribution in [2.75, 3.05) is 7.11 Å².